The molecule has 0 spiro atoms. The highest BCUT2D eigenvalue weighted by atomic mass is 35.5. The number of urea groups is 1. The van der Waals surface area contributed by atoms with Gasteiger partial charge in [-0.25, -0.2) is 4.79 Å². The number of fused-ring (bicyclic) bond motifs is 1. The fraction of sp³-hybridized carbons (Fsp3) is 0.120. The van der Waals surface area contributed by atoms with Crippen molar-refractivity contribution in [1.29, 1.82) is 0 Å². The number of methoxy groups -OCH3 is 3. The summed E-state index contributed by atoms with van der Waals surface area (Å²) in [5.74, 6) is 2.86. The van der Waals surface area contributed by atoms with Gasteiger partial charge in [0.05, 0.1) is 32.5 Å². The molecule has 9 heteroatoms. The van der Waals surface area contributed by atoms with Crippen molar-refractivity contribution < 1.29 is 23.7 Å². The van der Waals surface area contributed by atoms with Crippen LogP contribution in [0.2, 0.25) is 5.02 Å². The van der Waals surface area contributed by atoms with E-state index in [4.69, 9.17) is 30.5 Å². The minimum atomic E-state index is -0.435. The van der Waals surface area contributed by atoms with E-state index in [2.05, 4.69) is 15.6 Å². The van der Waals surface area contributed by atoms with Gasteiger partial charge >= 0.3 is 6.03 Å². The average molecular weight is 480 g/mol. The van der Waals surface area contributed by atoms with E-state index < -0.39 is 6.03 Å². The number of aromatic nitrogens is 1. The molecule has 0 saturated carbocycles. The average Bonchev–Trinajstić information content (AvgIpc) is 2.84. The summed E-state index contributed by atoms with van der Waals surface area (Å²) in [5, 5.41) is 6.75. The number of halogens is 1. The van der Waals surface area contributed by atoms with Crippen molar-refractivity contribution in [1.82, 2.24) is 4.98 Å². The Bertz CT molecular complexity index is 1330. The van der Waals surface area contributed by atoms with E-state index >= 15 is 0 Å². The molecule has 3 aromatic carbocycles. The molecule has 0 atom stereocenters. The van der Waals surface area contributed by atoms with E-state index in [0.29, 0.717) is 50.7 Å². The fourth-order valence-corrected chi connectivity index (χ4v) is 3.50. The number of hydrogen-bond donors (Lipinski definition) is 2. The van der Waals surface area contributed by atoms with Crippen LogP contribution in [0.15, 0.2) is 66.9 Å². The Hall–Kier alpha value is -4.17. The van der Waals surface area contributed by atoms with E-state index in [1.807, 2.05) is 6.07 Å². The van der Waals surface area contributed by atoms with Crippen LogP contribution in [0.1, 0.15) is 0 Å². The second-order valence-electron chi connectivity index (χ2n) is 7.08. The first-order valence-electron chi connectivity index (χ1n) is 10.2. The normalized spacial score (nSPS) is 10.5. The third-order valence-electron chi connectivity index (χ3n) is 4.96. The van der Waals surface area contributed by atoms with E-state index in [-0.39, 0.29) is 0 Å². The zero-order valence-corrected chi connectivity index (χ0v) is 19.5. The topological polar surface area (TPSA) is 90.9 Å². The molecule has 2 amide bonds. The molecule has 4 rings (SSSR count). The van der Waals surface area contributed by atoms with Crippen LogP contribution in [0.25, 0.3) is 10.9 Å². The molecule has 0 aliphatic rings. The Morgan fingerprint density at radius 2 is 1.50 bits per heavy atom. The molecule has 4 aromatic rings. The van der Waals surface area contributed by atoms with Crippen LogP contribution in [0, 0.1) is 0 Å². The van der Waals surface area contributed by atoms with Gasteiger partial charge in [0.15, 0.2) is 11.5 Å². The first-order chi connectivity index (χ1) is 16.5. The lowest BCUT2D eigenvalue weighted by Gasteiger charge is -2.13. The van der Waals surface area contributed by atoms with Gasteiger partial charge in [0.1, 0.15) is 17.2 Å². The molecule has 0 unspecified atom stereocenters. The van der Waals surface area contributed by atoms with Gasteiger partial charge in [0.25, 0.3) is 0 Å². The number of rotatable bonds is 7. The highest BCUT2D eigenvalue weighted by molar-refractivity contribution is 6.31. The van der Waals surface area contributed by atoms with Crippen molar-refractivity contribution in [2.24, 2.45) is 0 Å². The third-order valence-corrected chi connectivity index (χ3v) is 5.19. The third kappa shape index (κ3) is 5.07. The lowest BCUT2D eigenvalue weighted by molar-refractivity contribution is 0.262. The molecule has 174 valence electrons. The quantitative estimate of drug-likeness (QED) is 0.321. The summed E-state index contributed by atoms with van der Waals surface area (Å²) in [7, 11) is 4.67. The minimum absolute atomic E-state index is 0.435. The number of pyridine rings is 1. The van der Waals surface area contributed by atoms with Crippen molar-refractivity contribution in [2.75, 3.05) is 32.0 Å². The number of hydrogen-bond acceptors (Lipinski definition) is 6. The van der Waals surface area contributed by atoms with E-state index in [1.54, 1.807) is 75.0 Å². The Labute approximate surface area is 201 Å². The molecule has 0 saturated heterocycles. The molecule has 0 bridgehead atoms. The Balaban J connectivity index is 1.48. The highest BCUT2D eigenvalue weighted by Crippen LogP contribution is 2.37. The Morgan fingerprint density at radius 1 is 0.794 bits per heavy atom. The second kappa shape index (κ2) is 10.2. The van der Waals surface area contributed by atoms with Crippen molar-refractivity contribution in [3.05, 3.63) is 71.9 Å². The van der Waals surface area contributed by atoms with Crippen molar-refractivity contribution in [3.63, 3.8) is 0 Å². The Kier molecular flexibility index (Phi) is 6.89. The molecular weight excluding hydrogens is 458 g/mol. The summed E-state index contributed by atoms with van der Waals surface area (Å²) in [6.45, 7) is 0. The molecule has 1 aromatic heterocycles. The Morgan fingerprint density at radius 3 is 2.21 bits per heavy atom. The predicted octanol–water partition coefficient (Wildman–Crippen LogP) is 6.35. The molecule has 8 nitrogen and oxygen atoms in total. The lowest BCUT2D eigenvalue weighted by Crippen LogP contribution is -2.19. The predicted molar refractivity (Wildman–Crippen MR) is 132 cm³/mol. The molecule has 34 heavy (non-hydrogen) atoms. The maximum Gasteiger partial charge on any atom is 0.323 e. The number of nitrogens with zero attached hydrogens (tertiary/aromatic N) is 1. The molecule has 0 fully saturated rings. The van der Waals surface area contributed by atoms with E-state index in [9.17, 15) is 4.79 Å². The number of ether oxygens (including phenoxy) is 4. The van der Waals surface area contributed by atoms with Gasteiger partial charge in [-0.15, -0.1) is 0 Å². The maximum absolute atomic E-state index is 12.4. The summed E-state index contributed by atoms with van der Waals surface area (Å²) >= 11 is 6.01. The van der Waals surface area contributed by atoms with Crippen molar-refractivity contribution in [3.8, 4) is 28.7 Å². The molecule has 2 N–H and O–H groups in total. The van der Waals surface area contributed by atoms with Crippen LogP contribution in [-0.4, -0.2) is 32.3 Å². The van der Waals surface area contributed by atoms with Crippen molar-refractivity contribution >= 4 is 39.9 Å². The standard InChI is InChI=1S/C25H22ClN3O5/c1-31-22-9-4-15(26)12-20(22)29-25(30)28-16-5-7-17(8-6-16)34-21-10-11-27-19-14-24(33-3)23(32-2)13-18(19)21/h4-14H,1-3H3,(H2,28,29,30). The number of carbonyl (C=O) groups excluding carboxylic acids is 1. The second-order valence-corrected chi connectivity index (χ2v) is 7.52. The summed E-state index contributed by atoms with van der Waals surface area (Å²) in [6, 6.07) is 16.9. The number of amides is 2. The van der Waals surface area contributed by atoms with Gasteiger partial charge in [0.2, 0.25) is 0 Å². The highest BCUT2D eigenvalue weighted by Gasteiger charge is 2.12. The van der Waals surface area contributed by atoms with Crippen molar-refractivity contribution in [2.45, 2.75) is 0 Å². The van der Waals surface area contributed by atoms with Gasteiger partial charge < -0.3 is 29.6 Å². The molecule has 1 heterocycles. The number of anilines is 2. The minimum Gasteiger partial charge on any atom is -0.495 e. The van der Waals surface area contributed by atoms with Crippen LogP contribution < -0.4 is 29.6 Å². The molecule has 0 radical (unpaired) electrons. The first kappa shape index (κ1) is 23.0. The van der Waals surface area contributed by atoms with Crippen LogP contribution in [-0.2, 0) is 0 Å². The zero-order valence-electron chi connectivity index (χ0n) is 18.7. The van der Waals surface area contributed by atoms with E-state index in [1.165, 1.54) is 7.11 Å². The van der Waals surface area contributed by atoms with Crippen LogP contribution in [0.5, 0.6) is 28.7 Å². The molecular formula is C25H22ClN3O5. The summed E-state index contributed by atoms with van der Waals surface area (Å²) in [6.07, 6.45) is 1.66. The van der Waals surface area contributed by atoms with Crippen LogP contribution in [0.3, 0.4) is 0 Å². The fourth-order valence-electron chi connectivity index (χ4n) is 3.33. The van der Waals surface area contributed by atoms with Gasteiger partial charge in [-0.1, -0.05) is 11.6 Å². The van der Waals surface area contributed by atoms with Gasteiger partial charge in [-0.3, -0.25) is 4.98 Å². The molecule has 0 aliphatic heterocycles. The van der Waals surface area contributed by atoms with Crippen LogP contribution >= 0.6 is 11.6 Å². The summed E-state index contributed by atoms with van der Waals surface area (Å²) in [5.41, 5.74) is 1.75. The number of nitrogens with one attached hydrogen (secondary N) is 2. The summed E-state index contributed by atoms with van der Waals surface area (Å²) in [4.78, 5) is 16.8. The van der Waals surface area contributed by atoms with Gasteiger partial charge in [-0.05, 0) is 54.6 Å². The van der Waals surface area contributed by atoms with Gasteiger partial charge in [0, 0.05) is 28.4 Å². The molecule has 0 aliphatic carbocycles. The maximum atomic E-state index is 12.4. The zero-order chi connectivity index (χ0) is 24.1. The largest absolute Gasteiger partial charge is 0.495 e. The lowest BCUT2D eigenvalue weighted by atomic mass is 10.2. The number of carbonyl (C=O) groups is 1. The SMILES string of the molecule is COc1ccc(Cl)cc1NC(=O)Nc1ccc(Oc2ccnc3cc(OC)c(OC)cc23)cc1. The number of benzene rings is 3. The van der Waals surface area contributed by atoms with Crippen LogP contribution in [0.4, 0.5) is 16.2 Å². The summed E-state index contributed by atoms with van der Waals surface area (Å²) < 4.78 is 22.1. The monoisotopic (exact) mass is 479 g/mol. The van der Waals surface area contributed by atoms with E-state index in [0.717, 1.165) is 5.39 Å². The smallest absolute Gasteiger partial charge is 0.323 e. The first-order valence-corrected chi connectivity index (χ1v) is 10.6. The van der Waals surface area contributed by atoms with Gasteiger partial charge in [-0.2, -0.15) is 0 Å².